The minimum Gasteiger partial charge on any atom is -0.373 e. The Labute approximate surface area is 120 Å². The molecule has 0 aromatic carbocycles. The molecule has 0 bridgehead atoms. The second-order valence-corrected chi connectivity index (χ2v) is 5.55. The number of likely N-dealkylation sites (tertiary alicyclic amines) is 1. The SMILES string of the molecule is Cn1ccc(C2CCN(C(=O)[C@@](C)(O)C(F)(F)F)CC2)n1. The number of carbonyl (C=O) groups excluding carboxylic acids is 1. The molecule has 1 aromatic heterocycles. The molecule has 1 aliphatic heterocycles. The molecule has 1 aliphatic rings. The van der Waals surface area contributed by atoms with Crippen LogP contribution in [0, 0.1) is 0 Å². The second kappa shape index (κ2) is 5.32. The van der Waals surface area contributed by atoms with Crippen LogP contribution in [0.15, 0.2) is 12.3 Å². The van der Waals surface area contributed by atoms with E-state index in [0.29, 0.717) is 19.8 Å². The maximum atomic E-state index is 12.7. The lowest BCUT2D eigenvalue weighted by atomic mass is 9.92. The van der Waals surface area contributed by atoms with Gasteiger partial charge in [-0.25, -0.2) is 0 Å². The highest BCUT2D eigenvalue weighted by Gasteiger charge is 2.57. The standard InChI is InChI=1S/C13H18F3N3O2/c1-12(21,13(14,15)16)11(20)19-7-3-9(4-8-19)10-5-6-18(2)17-10/h5-6,9,21H,3-4,7-8H2,1-2H3/t12-/m1/s1. The first-order chi connectivity index (χ1) is 9.63. The van der Waals surface area contributed by atoms with Crippen LogP contribution in [0.1, 0.15) is 31.4 Å². The third-order valence-electron chi connectivity index (χ3n) is 3.90. The average molecular weight is 305 g/mol. The van der Waals surface area contributed by atoms with E-state index in [4.69, 9.17) is 0 Å². The van der Waals surface area contributed by atoms with Gasteiger partial charge in [0.25, 0.3) is 5.91 Å². The van der Waals surface area contributed by atoms with Crippen LogP contribution in [-0.4, -0.2) is 50.6 Å². The van der Waals surface area contributed by atoms with E-state index < -0.39 is 17.7 Å². The van der Waals surface area contributed by atoms with Gasteiger partial charge in [-0.1, -0.05) is 0 Å². The highest BCUT2D eigenvalue weighted by atomic mass is 19.4. The number of aromatic nitrogens is 2. The van der Waals surface area contributed by atoms with Crippen molar-refractivity contribution >= 4 is 5.91 Å². The van der Waals surface area contributed by atoms with Crippen LogP contribution in [0.4, 0.5) is 13.2 Å². The van der Waals surface area contributed by atoms with Crippen LogP contribution in [0.2, 0.25) is 0 Å². The number of carbonyl (C=O) groups is 1. The number of alkyl halides is 3. The summed E-state index contributed by atoms with van der Waals surface area (Å²) in [7, 11) is 1.79. The fourth-order valence-electron chi connectivity index (χ4n) is 2.46. The van der Waals surface area contributed by atoms with E-state index in [9.17, 15) is 23.1 Å². The molecule has 1 amide bonds. The third-order valence-corrected chi connectivity index (χ3v) is 3.90. The topological polar surface area (TPSA) is 58.4 Å². The summed E-state index contributed by atoms with van der Waals surface area (Å²) >= 11 is 0. The molecule has 2 heterocycles. The lowest BCUT2D eigenvalue weighted by Crippen LogP contribution is -2.57. The van der Waals surface area contributed by atoms with Crippen LogP contribution in [0.5, 0.6) is 0 Å². The normalized spacial score (nSPS) is 20.4. The molecule has 1 saturated heterocycles. The molecule has 0 unspecified atom stereocenters. The van der Waals surface area contributed by atoms with Gasteiger partial charge in [-0.3, -0.25) is 9.48 Å². The molecular weight excluding hydrogens is 287 g/mol. The largest absolute Gasteiger partial charge is 0.426 e. The van der Waals surface area contributed by atoms with E-state index in [1.807, 2.05) is 6.07 Å². The van der Waals surface area contributed by atoms with Gasteiger partial charge in [-0.15, -0.1) is 0 Å². The smallest absolute Gasteiger partial charge is 0.373 e. The Hall–Kier alpha value is -1.57. The molecule has 8 heteroatoms. The Kier molecular flexibility index (Phi) is 4.01. The number of aliphatic hydroxyl groups is 1. The summed E-state index contributed by atoms with van der Waals surface area (Å²) in [6.45, 7) is 0.874. The third kappa shape index (κ3) is 3.04. The lowest BCUT2D eigenvalue weighted by molar-refractivity contribution is -0.250. The predicted molar refractivity (Wildman–Crippen MR) is 68.4 cm³/mol. The van der Waals surface area contributed by atoms with Crippen molar-refractivity contribution in [2.24, 2.45) is 7.05 Å². The molecule has 0 saturated carbocycles. The van der Waals surface area contributed by atoms with Crippen LogP contribution in [0.25, 0.3) is 0 Å². The van der Waals surface area contributed by atoms with Gasteiger partial charge in [0.1, 0.15) is 0 Å². The van der Waals surface area contributed by atoms with Crippen molar-refractivity contribution < 1.29 is 23.1 Å². The fourth-order valence-corrected chi connectivity index (χ4v) is 2.46. The summed E-state index contributed by atoms with van der Waals surface area (Å²) in [6.07, 6.45) is -2.09. The van der Waals surface area contributed by atoms with Gasteiger partial charge >= 0.3 is 6.18 Å². The molecule has 1 atom stereocenters. The van der Waals surface area contributed by atoms with E-state index in [-0.39, 0.29) is 19.0 Å². The molecule has 1 N–H and O–H groups in total. The lowest BCUT2D eigenvalue weighted by Gasteiger charge is -2.36. The molecule has 1 fully saturated rings. The van der Waals surface area contributed by atoms with E-state index in [0.717, 1.165) is 10.6 Å². The average Bonchev–Trinajstić information content (AvgIpc) is 2.83. The van der Waals surface area contributed by atoms with Gasteiger partial charge in [0, 0.05) is 32.3 Å². The van der Waals surface area contributed by atoms with Crippen molar-refractivity contribution in [1.82, 2.24) is 14.7 Å². The van der Waals surface area contributed by atoms with Crippen molar-refractivity contribution in [1.29, 1.82) is 0 Å². The van der Waals surface area contributed by atoms with E-state index in [1.54, 1.807) is 17.9 Å². The van der Waals surface area contributed by atoms with Gasteiger partial charge in [0.05, 0.1) is 5.69 Å². The van der Waals surface area contributed by atoms with E-state index >= 15 is 0 Å². The second-order valence-electron chi connectivity index (χ2n) is 5.55. The highest BCUT2D eigenvalue weighted by Crippen LogP contribution is 2.34. The molecule has 118 valence electrons. The van der Waals surface area contributed by atoms with E-state index in [2.05, 4.69) is 5.10 Å². The van der Waals surface area contributed by atoms with Crippen LogP contribution in [0.3, 0.4) is 0 Å². The molecule has 2 rings (SSSR count). The number of rotatable bonds is 2. The highest BCUT2D eigenvalue weighted by molar-refractivity contribution is 5.85. The zero-order chi connectivity index (χ0) is 15.8. The summed E-state index contributed by atoms with van der Waals surface area (Å²) in [5.41, 5.74) is -2.45. The maximum absolute atomic E-state index is 12.7. The first-order valence-electron chi connectivity index (χ1n) is 6.71. The molecule has 21 heavy (non-hydrogen) atoms. The molecule has 0 aliphatic carbocycles. The quantitative estimate of drug-likeness (QED) is 0.899. The van der Waals surface area contributed by atoms with Crippen LogP contribution >= 0.6 is 0 Å². The van der Waals surface area contributed by atoms with E-state index in [1.165, 1.54) is 0 Å². The maximum Gasteiger partial charge on any atom is 0.426 e. The minimum atomic E-state index is -4.97. The number of amides is 1. The Morgan fingerprint density at radius 2 is 1.95 bits per heavy atom. The van der Waals surface area contributed by atoms with Gasteiger partial charge < -0.3 is 10.0 Å². The van der Waals surface area contributed by atoms with Gasteiger partial charge in [0.15, 0.2) is 0 Å². The van der Waals surface area contributed by atoms with Gasteiger partial charge in [-0.2, -0.15) is 18.3 Å². The molecule has 0 spiro atoms. The van der Waals surface area contributed by atoms with Gasteiger partial charge in [-0.05, 0) is 25.8 Å². The number of nitrogens with zero attached hydrogens (tertiary/aromatic N) is 3. The van der Waals surface area contributed by atoms with Crippen molar-refractivity contribution in [2.45, 2.75) is 37.5 Å². The van der Waals surface area contributed by atoms with Crippen molar-refractivity contribution in [3.05, 3.63) is 18.0 Å². The monoisotopic (exact) mass is 305 g/mol. The number of hydrogen-bond acceptors (Lipinski definition) is 3. The molecular formula is C13H18F3N3O2. The summed E-state index contributed by atoms with van der Waals surface area (Å²) in [4.78, 5) is 12.9. The van der Waals surface area contributed by atoms with Crippen LogP contribution in [-0.2, 0) is 11.8 Å². The zero-order valence-electron chi connectivity index (χ0n) is 11.9. The summed E-state index contributed by atoms with van der Waals surface area (Å²) in [5.74, 6) is -1.15. The van der Waals surface area contributed by atoms with Crippen LogP contribution < -0.4 is 0 Å². The number of piperidine rings is 1. The summed E-state index contributed by atoms with van der Waals surface area (Å²) in [6, 6.07) is 1.87. The Morgan fingerprint density at radius 1 is 1.38 bits per heavy atom. The minimum absolute atomic E-state index is 0.131. The first-order valence-corrected chi connectivity index (χ1v) is 6.71. The Balaban J connectivity index is 1.99. The van der Waals surface area contributed by atoms with Crippen molar-refractivity contribution in [3.8, 4) is 0 Å². The summed E-state index contributed by atoms with van der Waals surface area (Å²) < 4.78 is 39.7. The number of hydrogen-bond donors (Lipinski definition) is 1. The molecule has 0 radical (unpaired) electrons. The Morgan fingerprint density at radius 3 is 2.38 bits per heavy atom. The molecule has 1 aromatic rings. The number of halogens is 3. The Bertz CT molecular complexity index is 517. The fraction of sp³-hybridized carbons (Fsp3) is 0.692. The van der Waals surface area contributed by atoms with Crippen molar-refractivity contribution in [3.63, 3.8) is 0 Å². The number of aryl methyl sites for hydroxylation is 1. The van der Waals surface area contributed by atoms with Crippen molar-refractivity contribution in [2.75, 3.05) is 13.1 Å². The summed E-state index contributed by atoms with van der Waals surface area (Å²) in [5, 5.41) is 13.7. The predicted octanol–water partition coefficient (Wildman–Crippen LogP) is 1.44. The molecule has 5 nitrogen and oxygen atoms in total. The zero-order valence-corrected chi connectivity index (χ0v) is 11.9. The first kappa shape index (κ1) is 15.8. The van der Waals surface area contributed by atoms with Gasteiger partial charge in [0.2, 0.25) is 5.60 Å².